The van der Waals surface area contributed by atoms with Gasteiger partial charge in [-0.15, -0.1) is 0 Å². The average molecular weight is 188 g/mol. The van der Waals surface area contributed by atoms with Crippen molar-refractivity contribution in [2.45, 2.75) is 39.8 Å². The van der Waals surface area contributed by atoms with Gasteiger partial charge in [0.25, 0.3) is 0 Å². The minimum absolute atomic E-state index is 0.516. The molecule has 0 atom stereocenters. The van der Waals surface area contributed by atoms with E-state index in [9.17, 15) is 0 Å². The molecule has 72 valence electrons. The van der Waals surface area contributed by atoms with E-state index in [0.717, 1.165) is 18.0 Å². The summed E-state index contributed by atoms with van der Waals surface area (Å²) in [5.74, 6) is 0. The van der Waals surface area contributed by atoms with Crippen molar-refractivity contribution in [1.82, 2.24) is 10.6 Å². The average Bonchev–Trinajstić information content (AvgIpc) is 1.96. The van der Waals surface area contributed by atoms with Gasteiger partial charge in [-0.2, -0.15) is 0 Å². The predicted molar refractivity (Wildman–Crippen MR) is 58.9 cm³/mol. The first-order valence-electron chi connectivity index (χ1n) is 4.51. The number of nitrogens with one attached hydrogen (secondary N) is 2. The monoisotopic (exact) mass is 188 g/mol. The summed E-state index contributed by atoms with van der Waals surface area (Å²) in [7, 11) is 0. The second-order valence-electron chi connectivity index (χ2n) is 3.61. The fourth-order valence-electron chi connectivity index (χ4n) is 0.698. The van der Waals surface area contributed by atoms with Crippen molar-refractivity contribution in [3.63, 3.8) is 0 Å². The molecule has 2 N–H and O–H groups in total. The van der Waals surface area contributed by atoms with Crippen LogP contribution < -0.4 is 10.6 Å². The van der Waals surface area contributed by atoms with E-state index in [-0.39, 0.29) is 0 Å². The second-order valence-corrected chi connectivity index (χ2v) is 4.19. The standard InChI is InChI=1S/C9H20N2S/c1-7(2)10-5-9(12)6-11-8(3)4/h7-8,10-11H,5-6H2,1-4H3. The SMILES string of the molecule is CC(C)NCC(=S)CNC(C)C. The lowest BCUT2D eigenvalue weighted by atomic mass is 10.3. The normalized spacial score (nSPS) is 11.2. The lowest BCUT2D eigenvalue weighted by Crippen LogP contribution is -2.35. The summed E-state index contributed by atoms with van der Waals surface area (Å²) in [6.07, 6.45) is 0. The maximum Gasteiger partial charge on any atom is 0.0284 e. The Morgan fingerprint density at radius 2 is 1.33 bits per heavy atom. The van der Waals surface area contributed by atoms with Crippen LogP contribution in [-0.2, 0) is 0 Å². The number of hydrogen-bond acceptors (Lipinski definition) is 3. The molecule has 12 heavy (non-hydrogen) atoms. The fraction of sp³-hybridized carbons (Fsp3) is 0.889. The van der Waals surface area contributed by atoms with E-state index in [2.05, 4.69) is 38.3 Å². The predicted octanol–water partition coefficient (Wildman–Crippen LogP) is 1.35. The molecule has 3 heteroatoms. The molecule has 0 radical (unpaired) electrons. The van der Waals surface area contributed by atoms with Gasteiger partial charge in [0, 0.05) is 30.0 Å². The van der Waals surface area contributed by atoms with Gasteiger partial charge in [-0.05, 0) is 0 Å². The third-order valence-electron chi connectivity index (χ3n) is 1.41. The highest BCUT2D eigenvalue weighted by atomic mass is 32.1. The second kappa shape index (κ2) is 6.52. The van der Waals surface area contributed by atoms with Crippen molar-refractivity contribution in [2.24, 2.45) is 0 Å². The topological polar surface area (TPSA) is 24.1 Å². The molecule has 2 nitrogen and oxygen atoms in total. The fourth-order valence-corrected chi connectivity index (χ4v) is 0.865. The van der Waals surface area contributed by atoms with Crippen LogP contribution >= 0.6 is 12.2 Å². The van der Waals surface area contributed by atoms with Crippen molar-refractivity contribution >= 4 is 17.1 Å². The molecule has 0 aromatic rings. The van der Waals surface area contributed by atoms with Gasteiger partial charge < -0.3 is 10.6 Å². The van der Waals surface area contributed by atoms with Crippen LogP contribution in [0.5, 0.6) is 0 Å². The van der Waals surface area contributed by atoms with E-state index in [4.69, 9.17) is 12.2 Å². The molecule has 0 rings (SSSR count). The minimum atomic E-state index is 0.516. The smallest absolute Gasteiger partial charge is 0.0284 e. The zero-order valence-corrected chi connectivity index (χ0v) is 9.29. The lowest BCUT2D eigenvalue weighted by molar-refractivity contribution is 0.621. The first-order valence-corrected chi connectivity index (χ1v) is 4.91. The molecular weight excluding hydrogens is 168 g/mol. The highest BCUT2D eigenvalue weighted by Gasteiger charge is 1.98. The zero-order valence-electron chi connectivity index (χ0n) is 8.48. The van der Waals surface area contributed by atoms with Gasteiger partial charge in [-0.1, -0.05) is 39.9 Å². The van der Waals surface area contributed by atoms with Crippen molar-refractivity contribution in [2.75, 3.05) is 13.1 Å². The molecule has 0 heterocycles. The van der Waals surface area contributed by atoms with Gasteiger partial charge in [0.1, 0.15) is 0 Å². The van der Waals surface area contributed by atoms with Gasteiger partial charge >= 0.3 is 0 Å². The molecule has 0 fully saturated rings. The summed E-state index contributed by atoms with van der Waals surface area (Å²) in [5, 5.41) is 6.58. The van der Waals surface area contributed by atoms with Crippen molar-refractivity contribution < 1.29 is 0 Å². The number of rotatable bonds is 6. The maximum atomic E-state index is 5.17. The Morgan fingerprint density at radius 3 is 1.58 bits per heavy atom. The molecular formula is C9H20N2S. The van der Waals surface area contributed by atoms with Crippen LogP contribution in [0.2, 0.25) is 0 Å². The highest BCUT2D eigenvalue weighted by Crippen LogP contribution is 1.81. The van der Waals surface area contributed by atoms with E-state index in [0.29, 0.717) is 12.1 Å². The van der Waals surface area contributed by atoms with Gasteiger partial charge in [0.05, 0.1) is 0 Å². The molecule has 0 aliphatic rings. The van der Waals surface area contributed by atoms with Gasteiger partial charge in [0.15, 0.2) is 0 Å². The Morgan fingerprint density at radius 1 is 1.00 bits per heavy atom. The Balaban J connectivity index is 3.34. The molecule has 0 aliphatic heterocycles. The largest absolute Gasteiger partial charge is 0.310 e. The van der Waals surface area contributed by atoms with Crippen molar-refractivity contribution in [1.29, 1.82) is 0 Å². The summed E-state index contributed by atoms with van der Waals surface area (Å²) in [5.41, 5.74) is 0. The van der Waals surface area contributed by atoms with E-state index in [1.807, 2.05) is 0 Å². The Kier molecular flexibility index (Phi) is 6.52. The highest BCUT2D eigenvalue weighted by molar-refractivity contribution is 7.80. The molecule has 0 saturated carbocycles. The molecule has 0 aliphatic carbocycles. The van der Waals surface area contributed by atoms with Crippen molar-refractivity contribution in [3.05, 3.63) is 0 Å². The van der Waals surface area contributed by atoms with Crippen LogP contribution in [0.4, 0.5) is 0 Å². The van der Waals surface area contributed by atoms with E-state index < -0.39 is 0 Å². The molecule has 0 spiro atoms. The van der Waals surface area contributed by atoms with E-state index >= 15 is 0 Å². The Bertz CT molecular complexity index is 118. The maximum absolute atomic E-state index is 5.17. The van der Waals surface area contributed by atoms with Gasteiger partial charge in [0.2, 0.25) is 0 Å². The molecule has 0 bridgehead atoms. The van der Waals surface area contributed by atoms with Crippen LogP contribution in [-0.4, -0.2) is 30.0 Å². The summed E-state index contributed by atoms with van der Waals surface area (Å²) in [6.45, 7) is 10.2. The summed E-state index contributed by atoms with van der Waals surface area (Å²) < 4.78 is 0. The molecule has 0 aromatic heterocycles. The van der Waals surface area contributed by atoms with Gasteiger partial charge in [-0.25, -0.2) is 0 Å². The third kappa shape index (κ3) is 8.11. The molecule has 0 aromatic carbocycles. The first kappa shape index (κ1) is 12.0. The van der Waals surface area contributed by atoms with Crippen LogP contribution in [0.1, 0.15) is 27.7 Å². The van der Waals surface area contributed by atoms with Crippen LogP contribution in [0.15, 0.2) is 0 Å². The molecule has 0 unspecified atom stereocenters. The third-order valence-corrected chi connectivity index (χ3v) is 1.70. The lowest BCUT2D eigenvalue weighted by Gasteiger charge is -2.11. The van der Waals surface area contributed by atoms with E-state index in [1.54, 1.807) is 0 Å². The van der Waals surface area contributed by atoms with Crippen molar-refractivity contribution in [3.8, 4) is 0 Å². The Hall–Kier alpha value is 0.01000. The van der Waals surface area contributed by atoms with Gasteiger partial charge in [-0.3, -0.25) is 0 Å². The van der Waals surface area contributed by atoms with Crippen LogP contribution in [0.3, 0.4) is 0 Å². The Labute approximate surface area is 81.1 Å². The first-order chi connectivity index (χ1) is 5.52. The molecule has 0 saturated heterocycles. The zero-order chi connectivity index (χ0) is 9.56. The quantitative estimate of drug-likeness (QED) is 0.615. The number of hydrogen-bond donors (Lipinski definition) is 2. The summed E-state index contributed by atoms with van der Waals surface area (Å²) >= 11 is 5.17. The van der Waals surface area contributed by atoms with Crippen LogP contribution in [0.25, 0.3) is 0 Å². The number of thiocarbonyl (C=S) groups is 1. The van der Waals surface area contributed by atoms with Crippen LogP contribution in [0, 0.1) is 0 Å². The molecule has 0 amide bonds. The summed E-state index contributed by atoms with van der Waals surface area (Å²) in [4.78, 5) is 1.05. The summed E-state index contributed by atoms with van der Waals surface area (Å²) in [6, 6.07) is 1.03. The minimum Gasteiger partial charge on any atom is -0.310 e. The van der Waals surface area contributed by atoms with E-state index in [1.165, 1.54) is 0 Å².